The molecule has 2 atom stereocenters. The Kier molecular flexibility index (Phi) is 5.55. The second kappa shape index (κ2) is 7.45. The minimum atomic E-state index is -0.930. The number of pyridine rings is 1. The zero-order chi connectivity index (χ0) is 18.7. The second-order valence-electron chi connectivity index (χ2n) is 5.88. The maximum atomic E-state index is 12.8. The highest BCUT2D eigenvalue weighted by molar-refractivity contribution is 6.03. The first-order valence-electron chi connectivity index (χ1n) is 8.15. The van der Waals surface area contributed by atoms with E-state index in [1.165, 1.54) is 17.0 Å². The summed E-state index contributed by atoms with van der Waals surface area (Å²) in [6, 6.07) is 1.66. The molecule has 0 saturated heterocycles. The molecule has 25 heavy (non-hydrogen) atoms. The van der Waals surface area contributed by atoms with Crippen LogP contribution in [-0.2, 0) is 14.3 Å². The molecule has 1 amide bonds. The number of rotatable bonds is 6. The van der Waals surface area contributed by atoms with Gasteiger partial charge < -0.3 is 19.6 Å². The molecule has 0 saturated carbocycles. The highest BCUT2D eigenvalue weighted by Crippen LogP contribution is 2.36. The Balaban J connectivity index is 2.53. The van der Waals surface area contributed by atoms with Crippen molar-refractivity contribution in [2.75, 3.05) is 4.90 Å². The van der Waals surface area contributed by atoms with Gasteiger partial charge in [-0.1, -0.05) is 13.8 Å². The fourth-order valence-corrected chi connectivity index (χ4v) is 2.58. The van der Waals surface area contributed by atoms with Gasteiger partial charge in [-0.3, -0.25) is 9.69 Å². The maximum Gasteiger partial charge on any atom is 0.366 e. The van der Waals surface area contributed by atoms with Crippen LogP contribution in [0.3, 0.4) is 0 Å². The predicted octanol–water partition coefficient (Wildman–Crippen LogP) is 2.22. The minimum absolute atomic E-state index is 0.0311. The summed E-state index contributed by atoms with van der Waals surface area (Å²) in [4.78, 5) is 40.7. The van der Waals surface area contributed by atoms with Crippen molar-refractivity contribution in [3.05, 3.63) is 22.2 Å². The van der Waals surface area contributed by atoms with Crippen LogP contribution in [0, 0.1) is 10.1 Å². The van der Waals surface area contributed by atoms with Gasteiger partial charge in [0.15, 0.2) is 11.9 Å². The number of hydrogen-bond acceptors (Lipinski definition) is 7. The number of ether oxygens (including phenoxy) is 2. The number of carbonyl (C=O) groups excluding carboxylic acids is 2. The van der Waals surface area contributed by atoms with Crippen LogP contribution < -0.4 is 9.64 Å². The van der Waals surface area contributed by atoms with Crippen LogP contribution in [0.25, 0.3) is 0 Å². The first-order valence-corrected chi connectivity index (χ1v) is 8.15. The minimum Gasteiger partial charge on any atom is -0.474 e. The van der Waals surface area contributed by atoms with Crippen molar-refractivity contribution in [3.8, 4) is 5.75 Å². The largest absolute Gasteiger partial charge is 0.474 e. The molecular formula is C16H21N3O6. The Bertz CT molecular complexity index is 690. The van der Waals surface area contributed by atoms with Gasteiger partial charge in [0.25, 0.3) is 11.7 Å². The van der Waals surface area contributed by atoms with Gasteiger partial charge in [-0.25, -0.2) is 4.79 Å². The van der Waals surface area contributed by atoms with Gasteiger partial charge in [0.1, 0.15) is 6.04 Å². The Morgan fingerprint density at radius 3 is 2.64 bits per heavy atom. The van der Waals surface area contributed by atoms with E-state index in [1.807, 2.05) is 0 Å². The summed E-state index contributed by atoms with van der Waals surface area (Å²) in [7, 11) is 0. The fourth-order valence-electron chi connectivity index (χ4n) is 2.58. The molecule has 136 valence electrons. The van der Waals surface area contributed by atoms with Gasteiger partial charge in [-0.2, -0.15) is 0 Å². The van der Waals surface area contributed by atoms with Crippen molar-refractivity contribution in [1.29, 1.82) is 0 Å². The van der Waals surface area contributed by atoms with Gasteiger partial charge >= 0.3 is 11.8 Å². The van der Waals surface area contributed by atoms with Crippen molar-refractivity contribution in [2.24, 2.45) is 0 Å². The molecule has 1 aromatic rings. The number of carbonyl (C=O) groups is 2. The topological polar surface area (TPSA) is 112 Å². The lowest BCUT2D eigenvalue weighted by atomic mass is 10.1. The number of aromatic nitrogens is 1. The zero-order valence-corrected chi connectivity index (χ0v) is 14.6. The molecule has 0 aliphatic carbocycles. The molecule has 0 spiro atoms. The summed E-state index contributed by atoms with van der Waals surface area (Å²) in [5.74, 6) is -1.27. The summed E-state index contributed by atoms with van der Waals surface area (Å²) < 4.78 is 10.8. The molecule has 0 radical (unpaired) electrons. The Morgan fingerprint density at radius 1 is 1.44 bits per heavy atom. The SMILES string of the molecule is CCC1Oc2ccc([N+](=O)[O-])nc2N(C(CC)C(=O)OC(C)C)C1=O. The predicted molar refractivity (Wildman–Crippen MR) is 88.4 cm³/mol. The molecule has 1 aliphatic rings. The van der Waals surface area contributed by atoms with Crippen LogP contribution in [0.1, 0.15) is 40.5 Å². The molecule has 9 heteroatoms. The molecule has 1 aromatic heterocycles. The number of anilines is 1. The van der Waals surface area contributed by atoms with Crippen molar-refractivity contribution in [1.82, 2.24) is 4.98 Å². The van der Waals surface area contributed by atoms with Crippen LogP contribution in [0.2, 0.25) is 0 Å². The molecular weight excluding hydrogens is 330 g/mol. The highest BCUT2D eigenvalue weighted by atomic mass is 16.6. The Morgan fingerprint density at radius 2 is 2.12 bits per heavy atom. The van der Waals surface area contributed by atoms with E-state index in [0.717, 1.165) is 0 Å². The normalized spacial score (nSPS) is 17.7. The molecule has 0 N–H and O–H groups in total. The van der Waals surface area contributed by atoms with E-state index in [4.69, 9.17) is 9.47 Å². The van der Waals surface area contributed by atoms with E-state index in [1.54, 1.807) is 27.7 Å². The molecule has 0 fully saturated rings. The van der Waals surface area contributed by atoms with Gasteiger partial charge in [0.2, 0.25) is 0 Å². The lowest BCUT2D eigenvalue weighted by Crippen LogP contribution is -2.54. The number of nitro groups is 1. The van der Waals surface area contributed by atoms with Gasteiger partial charge in [0.05, 0.1) is 6.10 Å². The van der Waals surface area contributed by atoms with E-state index in [-0.39, 0.29) is 24.1 Å². The Hall–Kier alpha value is -2.71. The van der Waals surface area contributed by atoms with Crippen LogP contribution in [0.4, 0.5) is 11.6 Å². The average molecular weight is 351 g/mol. The Labute approximate surface area is 145 Å². The van der Waals surface area contributed by atoms with Gasteiger partial charge in [-0.15, -0.1) is 0 Å². The molecule has 0 bridgehead atoms. The first-order chi connectivity index (χ1) is 11.8. The van der Waals surface area contributed by atoms with Crippen LogP contribution in [-0.4, -0.2) is 40.0 Å². The quantitative estimate of drug-likeness (QED) is 0.439. The lowest BCUT2D eigenvalue weighted by molar-refractivity contribution is -0.389. The summed E-state index contributed by atoms with van der Waals surface area (Å²) in [6.45, 7) is 6.92. The third-order valence-electron chi connectivity index (χ3n) is 3.72. The number of amides is 1. The zero-order valence-electron chi connectivity index (χ0n) is 14.6. The van der Waals surface area contributed by atoms with Crippen molar-refractivity contribution < 1.29 is 24.0 Å². The highest BCUT2D eigenvalue weighted by Gasteiger charge is 2.44. The molecule has 2 unspecified atom stereocenters. The van der Waals surface area contributed by atoms with E-state index >= 15 is 0 Å². The van der Waals surface area contributed by atoms with Crippen molar-refractivity contribution in [2.45, 2.75) is 58.8 Å². The number of hydrogen-bond donors (Lipinski definition) is 0. The summed E-state index contributed by atoms with van der Waals surface area (Å²) in [5.41, 5.74) is 0. The summed E-state index contributed by atoms with van der Waals surface area (Å²) in [6.07, 6.45) is -0.465. The second-order valence-corrected chi connectivity index (χ2v) is 5.88. The number of esters is 1. The van der Waals surface area contributed by atoms with Gasteiger partial charge in [0, 0.05) is 6.07 Å². The van der Waals surface area contributed by atoms with E-state index in [9.17, 15) is 19.7 Å². The first kappa shape index (κ1) is 18.6. The molecule has 1 aliphatic heterocycles. The lowest BCUT2D eigenvalue weighted by Gasteiger charge is -2.34. The number of fused-ring (bicyclic) bond motifs is 1. The van der Waals surface area contributed by atoms with Crippen LogP contribution in [0.15, 0.2) is 12.1 Å². The molecule has 2 heterocycles. The number of nitrogens with zero attached hydrogens (tertiary/aromatic N) is 3. The third-order valence-corrected chi connectivity index (χ3v) is 3.72. The van der Waals surface area contributed by atoms with Crippen LogP contribution >= 0.6 is 0 Å². The van der Waals surface area contributed by atoms with Crippen LogP contribution in [0.5, 0.6) is 5.75 Å². The fraction of sp³-hybridized carbons (Fsp3) is 0.562. The van der Waals surface area contributed by atoms with E-state index in [0.29, 0.717) is 6.42 Å². The average Bonchev–Trinajstić information content (AvgIpc) is 2.55. The summed E-state index contributed by atoms with van der Waals surface area (Å²) in [5, 5.41) is 11.0. The van der Waals surface area contributed by atoms with Crippen molar-refractivity contribution in [3.63, 3.8) is 0 Å². The third kappa shape index (κ3) is 3.70. The van der Waals surface area contributed by atoms with E-state index in [2.05, 4.69) is 4.98 Å². The molecule has 0 aromatic carbocycles. The standard InChI is InChI=1S/C16H21N3O6/c1-5-10(16(21)24-9(3)4)18-14-12(25-11(6-2)15(18)20)7-8-13(17-14)19(22)23/h7-11H,5-6H2,1-4H3. The van der Waals surface area contributed by atoms with Gasteiger partial charge in [-0.05, 0) is 42.7 Å². The van der Waals surface area contributed by atoms with E-state index < -0.39 is 34.8 Å². The maximum absolute atomic E-state index is 12.8. The smallest absolute Gasteiger partial charge is 0.366 e. The monoisotopic (exact) mass is 351 g/mol. The van der Waals surface area contributed by atoms with Crippen molar-refractivity contribution >= 4 is 23.5 Å². The molecule has 9 nitrogen and oxygen atoms in total. The summed E-state index contributed by atoms with van der Waals surface area (Å²) >= 11 is 0. The molecule has 2 rings (SSSR count).